The average molecular weight is 447 g/mol. The maximum atomic E-state index is 13.3. The summed E-state index contributed by atoms with van der Waals surface area (Å²) in [6.45, 7) is 9.22. The molecule has 0 saturated heterocycles. The summed E-state index contributed by atoms with van der Waals surface area (Å²) in [6, 6.07) is 12.5. The van der Waals surface area contributed by atoms with E-state index >= 15 is 0 Å². The van der Waals surface area contributed by atoms with Gasteiger partial charge in [0.2, 0.25) is 0 Å². The number of benzene rings is 2. The number of anilines is 1. The van der Waals surface area contributed by atoms with Crippen LogP contribution in [0.4, 0.5) is 5.69 Å². The third-order valence-electron chi connectivity index (χ3n) is 6.53. The minimum Gasteiger partial charge on any atom is -0.392 e. The van der Waals surface area contributed by atoms with Gasteiger partial charge in [0.15, 0.2) is 0 Å². The Morgan fingerprint density at radius 2 is 1.91 bits per heavy atom. The smallest absolute Gasteiger partial charge is 0.254 e. The van der Waals surface area contributed by atoms with Gasteiger partial charge in [-0.1, -0.05) is 36.9 Å². The van der Waals surface area contributed by atoms with Crippen molar-refractivity contribution >= 4 is 11.6 Å². The highest BCUT2D eigenvalue weighted by Crippen LogP contribution is 2.27. The van der Waals surface area contributed by atoms with Gasteiger partial charge in [-0.2, -0.15) is 0 Å². The molecule has 33 heavy (non-hydrogen) atoms. The summed E-state index contributed by atoms with van der Waals surface area (Å²) >= 11 is 0. The molecule has 1 unspecified atom stereocenters. The van der Waals surface area contributed by atoms with Gasteiger partial charge < -0.3 is 20.6 Å². The number of amides is 1. The molecule has 0 fully saturated rings. The monoisotopic (exact) mass is 446 g/mol. The average Bonchev–Trinajstić information content (AvgIpc) is 2.81. The Bertz CT molecular complexity index is 1060. The minimum atomic E-state index is -0.574. The van der Waals surface area contributed by atoms with Crippen molar-refractivity contribution in [2.75, 3.05) is 38.5 Å². The van der Waals surface area contributed by atoms with Crippen LogP contribution in [0.15, 0.2) is 61.0 Å². The molecule has 2 heterocycles. The first-order valence-electron chi connectivity index (χ1n) is 11.7. The van der Waals surface area contributed by atoms with Gasteiger partial charge in [0.05, 0.1) is 11.8 Å². The van der Waals surface area contributed by atoms with E-state index in [2.05, 4.69) is 52.4 Å². The van der Waals surface area contributed by atoms with Gasteiger partial charge in [-0.3, -0.25) is 9.69 Å². The Balaban J connectivity index is 1.41. The van der Waals surface area contributed by atoms with Crippen molar-refractivity contribution in [1.82, 2.24) is 15.1 Å². The lowest BCUT2D eigenvalue weighted by Crippen LogP contribution is -2.46. The number of fused-ring (bicyclic) bond motifs is 2. The lowest BCUT2D eigenvalue weighted by Gasteiger charge is -2.34. The predicted octanol–water partition coefficient (Wildman–Crippen LogP) is 3.07. The zero-order valence-electron chi connectivity index (χ0n) is 19.6. The SMILES string of the molecule is C=C/C(=C\NC)Nc1cc2c(cc1C)CCN(CC(O)CN1CCc3ccccc3C1)C2=O. The summed E-state index contributed by atoms with van der Waals surface area (Å²) in [6.07, 6.45) is 4.79. The van der Waals surface area contributed by atoms with Gasteiger partial charge in [0.1, 0.15) is 0 Å². The van der Waals surface area contributed by atoms with Crippen LogP contribution in [0.3, 0.4) is 0 Å². The number of aryl methyl sites for hydroxylation is 1. The van der Waals surface area contributed by atoms with Crippen LogP contribution in [0, 0.1) is 6.92 Å². The molecule has 6 heteroatoms. The van der Waals surface area contributed by atoms with Crippen molar-refractivity contribution in [3.63, 3.8) is 0 Å². The number of aliphatic hydroxyl groups is 1. The standard InChI is InChI=1S/C27H34N4O2/c1-4-23(15-28-3)29-26-14-25-21(13-19(26)2)10-12-31(27(25)33)18-24(32)17-30-11-9-20-7-5-6-8-22(20)16-30/h4-8,13-15,24,28-29,32H,1,9-12,16-18H2,2-3H3/b23-15+. The molecule has 2 aliphatic rings. The minimum absolute atomic E-state index is 0.0138. The van der Waals surface area contributed by atoms with E-state index in [1.54, 1.807) is 11.0 Å². The number of hydrogen-bond acceptors (Lipinski definition) is 5. The predicted molar refractivity (Wildman–Crippen MR) is 133 cm³/mol. The molecule has 0 spiro atoms. The number of carbonyl (C=O) groups is 1. The zero-order valence-corrected chi connectivity index (χ0v) is 19.6. The van der Waals surface area contributed by atoms with Crippen LogP contribution in [-0.2, 0) is 19.4 Å². The number of aliphatic hydroxyl groups excluding tert-OH is 1. The van der Waals surface area contributed by atoms with E-state index in [9.17, 15) is 9.90 Å². The zero-order chi connectivity index (χ0) is 23.4. The number of rotatable bonds is 8. The quantitative estimate of drug-likeness (QED) is 0.544. The molecule has 2 aromatic carbocycles. The molecule has 0 bridgehead atoms. The molecule has 2 aliphatic heterocycles. The van der Waals surface area contributed by atoms with Crippen molar-refractivity contribution in [2.24, 2.45) is 0 Å². The molecule has 1 amide bonds. The maximum absolute atomic E-state index is 13.3. The van der Waals surface area contributed by atoms with E-state index in [1.807, 2.05) is 26.2 Å². The van der Waals surface area contributed by atoms with Crippen LogP contribution in [0.5, 0.6) is 0 Å². The molecule has 0 aromatic heterocycles. The van der Waals surface area contributed by atoms with E-state index in [-0.39, 0.29) is 5.91 Å². The largest absolute Gasteiger partial charge is 0.392 e. The Hall–Kier alpha value is -3.09. The second kappa shape index (κ2) is 10.2. The second-order valence-electron chi connectivity index (χ2n) is 8.95. The van der Waals surface area contributed by atoms with Crippen molar-refractivity contribution in [2.45, 2.75) is 32.4 Å². The summed E-state index contributed by atoms with van der Waals surface area (Å²) in [5, 5.41) is 17.1. The van der Waals surface area contributed by atoms with Crippen LogP contribution < -0.4 is 10.6 Å². The van der Waals surface area contributed by atoms with E-state index in [4.69, 9.17) is 0 Å². The fraction of sp³-hybridized carbons (Fsp3) is 0.370. The van der Waals surface area contributed by atoms with Gasteiger partial charge in [-0.05, 0) is 54.2 Å². The highest BCUT2D eigenvalue weighted by atomic mass is 16.3. The van der Waals surface area contributed by atoms with Crippen LogP contribution in [0.1, 0.15) is 32.6 Å². The molecule has 4 rings (SSSR count). The van der Waals surface area contributed by atoms with E-state index in [0.29, 0.717) is 25.2 Å². The Labute approximate surface area is 196 Å². The molecule has 174 valence electrons. The molecule has 6 nitrogen and oxygen atoms in total. The molecular weight excluding hydrogens is 412 g/mol. The molecule has 2 aromatic rings. The number of allylic oxidation sites excluding steroid dienone is 1. The summed E-state index contributed by atoms with van der Waals surface area (Å²) in [5.41, 5.74) is 7.32. The van der Waals surface area contributed by atoms with Gasteiger partial charge in [0, 0.05) is 57.2 Å². The van der Waals surface area contributed by atoms with E-state index < -0.39 is 6.10 Å². The van der Waals surface area contributed by atoms with Crippen molar-refractivity contribution < 1.29 is 9.90 Å². The highest BCUT2D eigenvalue weighted by molar-refractivity contribution is 5.98. The summed E-state index contributed by atoms with van der Waals surface area (Å²) in [4.78, 5) is 17.4. The fourth-order valence-corrected chi connectivity index (χ4v) is 4.79. The van der Waals surface area contributed by atoms with Crippen molar-refractivity contribution in [1.29, 1.82) is 0 Å². The number of hydrogen-bond donors (Lipinski definition) is 3. The maximum Gasteiger partial charge on any atom is 0.254 e. The van der Waals surface area contributed by atoms with Crippen LogP contribution >= 0.6 is 0 Å². The number of carbonyl (C=O) groups excluding carboxylic acids is 1. The lowest BCUT2D eigenvalue weighted by atomic mass is 9.95. The molecular formula is C27H34N4O2. The number of nitrogens with one attached hydrogen (secondary N) is 2. The summed E-state index contributed by atoms with van der Waals surface area (Å²) in [7, 11) is 1.83. The van der Waals surface area contributed by atoms with Crippen molar-refractivity contribution in [3.8, 4) is 0 Å². The molecule has 0 radical (unpaired) electrons. The Morgan fingerprint density at radius 1 is 1.15 bits per heavy atom. The molecule has 0 aliphatic carbocycles. The number of β-amino-alcohol motifs (C(OH)–C–C–N with tert-alkyl or cyclic N) is 1. The topological polar surface area (TPSA) is 67.8 Å². The Morgan fingerprint density at radius 3 is 2.67 bits per heavy atom. The van der Waals surface area contributed by atoms with Crippen LogP contribution in [0.25, 0.3) is 0 Å². The third kappa shape index (κ3) is 5.29. The normalized spacial score (nSPS) is 17.2. The Kier molecular flexibility index (Phi) is 7.16. The van der Waals surface area contributed by atoms with Crippen molar-refractivity contribution in [3.05, 3.63) is 88.8 Å². The molecule has 0 saturated carbocycles. The highest BCUT2D eigenvalue weighted by Gasteiger charge is 2.28. The summed E-state index contributed by atoms with van der Waals surface area (Å²) < 4.78 is 0. The molecule has 3 N–H and O–H groups in total. The second-order valence-corrected chi connectivity index (χ2v) is 8.95. The lowest BCUT2D eigenvalue weighted by molar-refractivity contribution is 0.0493. The number of nitrogens with zero attached hydrogens (tertiary/aromatic N) is 2. The third-order valence-corrected chi connectivity index (χ3v) is 6.53. The first-order valence-corrected chi connectivity index (χ1v) is 11.7. The fourth-order valence-electron chi connectivity index (χ4n) is 4.79. The van der Waals surface area contributed by atoms with Gasteiger partial charge >= 0.3 is 0 Å². The van der Waals surface area contributed by atoms with E-state index in [0.717, 1.165) is 48.4 Å². The van der Waals surface area contributed by atoms with Gasteiger partial charge in [-0.25, -0.2) is 0 Å². The van der Waals surface area contributed by atoms with Gasteiger partial charge in [-0.15, -0.1) is 0 Å². The summed E-state index contributed by atoms with van der Waals surface area (Å²) in [5.74, 6) is -0.0138. The van der Waals surface area contributed by atoms with Gasteiger partial charge in [0.25, 0.3) is 5.91 Å². The first-order chi connectivity index (χ1) is 16.0. The van der Waals surface area contributed by atoms with E-state index in [1.165, 1.54) is 11.1 Å². The van der Waals surface area contributed by atoms with Crippen LogP contribution in [0.2, 0.25) is 0 Å². The molecule has 1 atom stereocenters. The first kappa shape index (κ1) is 23.1. The van der Waals surface area contributed by atoms with Crippen LogP contribution in [-0.4, -0.2) is 60.1 Å².